The van der Waals surface area contributed by atoms with E-state index in [-0.39, 0.29) is 5.04 Å². The van der Waals surface area contributed by atoms with E-state index < -0.39 is 8.07 Å². The molecular formula is C7H15NSi. The van der Waals surface area contributed by atoms with E-state index in [4.69, 9.17) is 5.26 Å². The average molecular weight is 141 g/mol. The maximum absolute atomic E-state index is 8.71. The van der Waals surface area contributed by atoms with Crippen molar-refractivity contribution in [3.63, 3.8) is 0 Å². The maximum Gasteiger partial charge on any atom is 0.0672 e. The number of rotatable bonds is 1. The second-order valence-electron chi connectivity index (χ2n) is 3.99. The van der Waals surface area contributed by atoms with Gasteiger partial charge in [0.25, 0.3) is 0 Å². The summed E-state index contributed by atoms with van der Waals surface area (Å²) in [6.45, 7) is 10.7. The van der Waals surface area contributed by atoms with Gasteiger partial charge in [0.05, 0.1) is 14.1 Å². The molecule has 0 atom stereocenters. The molecule has 0 saturated heterocycles. The Morgan fingerprint density at radius 1 is 1.22 bits per heavy atom. The van der Waals surface area contributed by atoms with Crippen molar-refractivity contribution in [1.29, 1.82) is 5.26 Å². The summed E-state index contributed by atoms with van der Waals surface area (Å²) in [5.41, 5.74) is 0. The van der Waals surface area contributed by atoms with Gasteiger partial charge in [-0.05, 0) is 13.8 Å². The summed E-state index contributed by atoms with van der Waals surface area (Å²) < 4.78 is 0. The molecule has 0 aliphatic heterocycles. The quantitative estimate of drug-likeness (QED) is 0.515. The van der Waals surface area contributed by atoms with Crippen LogP contribution < -0.4 is 0 Å². The fraction of sp³-hybridized carbons (Fsp3) is 0.857. The van der Waals surface area contributed by atoms with Gasteiger partial charge in [-0.3, -0.25) is 0 Å². The summed E-state index contributed by atoms with van der Waals surface area (Å²) in [7, 11) is -1.25. The lowest BCUT2D eigenvalue weighted by molar-refractivity contribution is 0.828. The molecule has 0 aromatic heterocycles. The molecule has 0 saturated carbocycles. The number of nitrogens with zero attached hydrogens (tertiary/aromatic N) is 1. The van der Waals surface area contributed by atoms with Crippen molar-refractivity contribution in [3.8, 4) is 6.07 Å². The molecule has 0 aliphatic carbocycles. The van der Waals surface area contributed by atoms with Gasteiger partial charge >= 0.3 is 0 Å². The second-order valence-corrected chi connectivity index (χ2v) is 9.74. The number of hydrogen-bond donors (Lipinski definition) is 0. The van der Waals surface area contributed by atoms with E-state index in [9.17, 15) is 0 Å². The molecule has 52 valence electrons. The van der Waals surface area contributed by atoms with Crippen LogP contribution in [0.5, 0.6) is 0 Å². The van der Waals surface area contributed by atoms with Crippen LogP contribution in [-0.4, -0.2) is 8.07 Å². The van der Waals surface area contributed by atoms with Crippen LogP contribution in [0.25, 0.3) is 0 Å². The van der Waals surface area contributed by atoms with Gasteiger partial charge in [0, 0.05) is 5.04 Å². The zero-order valence-electron chi connectivity index (χ0n) is 6.95. The third kappa shape index (κ3) is 1.83. The van der Waals surface area contributed by atoms with Crippen molar-refractivity contribution in [2.45, 2.75) is 38.5 Å². The molecule has 0 aromatic rings. The summed E-state index contributed by atoms with van der Waals surface area (Å²) in [5, 5.41) is 8.64. The van der Waals surface area contributed by atoms with E-state index in [1.165, 1.54) is 0 Å². The first-order valence-electron chi connectivity index (χ1n) is 3.22. The first-order chi connectivity index (χ1) is 3.81. The lowest BCUT2D eigenvalue weighted by Gasteiger charge is -2.29. The van der Waals surface area contributed by atoms with Gasteiger partial charge in [-0.15, -0.1) is 0 Å². The van der Waals surface area contributed by atoms with Gasteiger partial charge in [0.2, 0.25) is 0 Å². The molecule has 0 spiro atoms. The Morgan fingerprint density at radius 2 is 1.56 bits per heavy atom. The van der Waals surface area contributed by atoms with Crippen LogP contribution >= 0.6 is 0 Å². The van der Waals surface area contributed by atoms with Crippen LogP contribution in [0, 0.1) is 11.3 Å². The van der Waals surface area contributed by atoms with Crippen LogP contribution in [0.2, 0.25) is 24.7 Å². The molecule has 0 aliphatic rings. The first kappa shape index (κ1) is 8.71. The zero-order chi connectivity index (χ0) is 7.71. The lowest BCUT2D eigenvalue weighted by atomic mass is 10.2. The van der Waals surface area contributed by atoms with Crippen molar-refractivity contribution in [2.24, 2.45) is 0 Å². The summed E-state index contributed by atoms with van der Waals surface area (Å²) in [6.07, 6.45) is 0. The fourth-order valence-corrected chi connectivity index (χ4v) is 0.503. The Morgan fingerprint density at radius 3 is 1.56 bits per heavy atom. The Bertz CT molecular complexity index is 136. The molecule has 2 heteroatoms. The summed E-state index contributed by atoms with van der Waals surface area (Å²) in [4.78, 5) is 0. The van der Waals surface area contributed by atoms with E-state index >= 15 is 0 Å². The van der Waals surface area contributed by atoms with Gasteiger partial charge in [-0.2, -0.15) is 5.26 Å². The van der Waals surface area contributed by atoms with Crippen LogP contribution in [0.15, 0.2) is 0 Å². The highest BCUT2D eigenvalue weighted by atomic mass is 28.3. The molecule has 1 nitrogen and oxygen atoms in total. The van der Waals surface area contributed by atoms with Crippen molar-refractivity contribution in [2.75, 3.05) is 0 Å². The van der Waals surface area contributed by atoms with E-state index in [0.29, 0.717) is 0 Å². The van der Waals surface area contributed by atoms with Crippen LogP contribution in [0.4, 0.5) is 0 Å². The molecule has 0 heterocycles. The highest BCUT2D eigenvalue weighted by Crippen LogP contribution is 2.35. The van der Waals surface area contributed by atoms with Crippen molar-refractivity contribution < 1.29 is 0 Å². The zero-order valence-corrected chi connectivity index (χ0v) is 7.95. The molecule has 0 aromatic carbocycles. The Hall–Kier alpha value is -0.293. The standard InChI is InChI=1S/C7H15NSi/c1-7(2,6-8)9(3,4)5/h1-5H3. The Labute approximate surface area is 58.7 Å². The van der Waals surface area contributed by atoms with E-state index in [2.05, 4.69) is 25.7 Å². The molecule has 0 unspecified atom stereocenters. The second kappa shape index (κ2) is 2.15. The topological polar surface area (TPSA) is 23.8 Å². The highest BCUT2D eigenvalue weighted by Gasteiger charge is 2.34. The summed E-state index contributed by atoms with van der Waals surface area (Å²) >= 11 is 0. The molecule has 0 rings (SSSR count). The maximum atomic E-state index is 8.71. The predicted octanol–water partition coefficient (Wildman–Crippen LogP) is 2.63. The van der Waals surface area contributed by atoms with E-state index in [0.717, 1.165) is 0 Å². The third-order valence-corrected chi connectivity index (χ3v) is 6.02. The van der Waals surface area contributed by atoms with Crippen LogP contribution in [0.1, 0.15) is 13.8 Å². The average Bonchev–Trinajstić information content (AvgIpc) is 1.64. The molecule has 0 bridgehead atoms. The van der Waals surface area contributed by atoms with Gasteiger partial charge in [-0.25, -0.2) is 0 Å². The monoisotopic (exact) mass is 141 g/mol. The van der Waals surface area contributed by atoms with Crippen molar-refractivity contribution >= 4 is 8.07 Å². The third-order valence-electron chi connectivity index (χ3n) is 2.15. The smallest absolute Gasteiger partial charge is 0.0672 e. The van der Waals surface area contributed by atoms with Crippen molar-refractivity contribution in [1.82, 2.24) is 0 Å². The molecular weight excluding hydrogens is 126 g/mol. The molecule has 0 amide bonds. The molecule has 0 N–H and O–H groups in total. The number of nitriles is 1. The lowest BCUT2D eigenvalue weighted by Crippen LogP contribution is -2.33. The first-order valence-corrected chi connectivity index (χ1v) is 6.72. The normalized spacial score (nSPS) is 12.9. The Balaban J connectivity index is 4.39. The summed E-state index contributed by atoms with van der Waals surface area (Å²) in [5.74, 6) is 0. The van der Waals surface area contributed by atoms with Crippen LogP contribution in [0.3, 0.4) is 0 Å². The largest absolute Gasteiger partial charge is 0.198 e. The molecule has 0 fully saturated rings. The molecule has 0 radical (unpaired) electrons. The highest BCUT2D eigenvalue weighted by molar-refractivity contribution is 6.79. The van der Waals surface area contributed by atoms with E-state index in [1.54, 1.807) is 0 Å². The van der Waals surface area contributed by atoms with Gasteiger partial charge in [0.1, 0.15) is 0 Å². The predicted molar refractivity (Wildman–Crippen MR) is 43.0 cm³/mol. The van der Waals surface area contributed by atoms with Crippen molar-refractivity contribution in [3.05, 3.63) is 0 Å². The minimum absolute atomic E-state index is 0.0764. The van der Waals surface area contributed by atoms with Gasteiger partial charge in [-0.1, -0.05) is 19.6 Å². The Kier molecular flexibility index (Phi) is 2.08. The van der Waals surface area contributed by atoms with E-state index in [1.807, 2.05) is 13.8 Å². The molecule has 9 heavy (non-hydrogen) atoms. The van der Waals surface area contributed by atoms with Gasteiger partial charge in [0.15, 0.2) is 0 Å². The minimum atomic E-state index is -1.25. The van der Waals surface area contributed by atoms with Crippen LogP contribution in [-0.2, 0) is 0 Å². The van der Waals surface area contributed by atoms with Gasteiger partial charge < -0.3 is 0 Å². The minimum Gasteiger partial charge on any atom is -0.198 e. The fourth-order valence-electron chi connectivity index (χ4n) is 0.168. The SMILES string of the molecule is CC(C)(C#N)[Si](C)(C)C. The summed E-state index contributed by atoms with van der Waals surface area (Å²) in [6, 6.07) is 2.34. The number of hydrogen-bond acceptors (Lipinski definition) is 1.